The maximum Gasteiger partial charge on any atom is 0.274 e. The van der Waals surface area contributed by atoms with Crippen molar-refractivity contribution in [3.8, 4) is 11.3 Å². The first kappa shape index (κ1) is 17.8. The van der Waals surface area contributed by atoms with Gasteiger partial charge in [0.15, 0.2) is 5.65 Å². The minimum Gasteiger partial charge on any atom is -0.311 e. The van der Waals surface area contributed by atoms with E-state index in [-0.39, 0.29) is 17.1 Å². The van der Waals surface area contributed by atoms with Crippen molar-refractivity contribution in [2.45, 2.75) is 51.1 Å². The van der Waals surface area contributed by atoms with Gasteiger partial charge in [-0.05, 0) is 69.8 Å². The van der Waals surface area contributed by atoms with Crippen LogP contribution in [0.4, 0.5) is 0 Å². The Morgan fingerprint density at radius 3 is 2.90 bits per heavy atom. The fourth-order valence-electron chi connectivity index (χ4n) is 4.84. The van der Waals surface area contributed by atoms with Crippen molar-refractivity contribution in [2.75, 3.05) is 6.54 Å². The topological polar surface area (TPSA) is 77.1 Å². The third-order valence-electron chi connectivity index (χ3n) is 6.64. The second-order valence-corrected chi connectivity index (χ2v) is 8.91. The molecule has 6 rings (SSSR count). The molecule has 1 atom stereocenters. The quantitative estimate of drug-likeness (QED) is 0.559. The van der Waals surface area contributed by atoms with Crippen molar-refractivity contribution < 1.29 is 0 Å². The molecular formula is C23H24N6O. The molecule has 1 N–H and O–H groups in total. The number of nitrogens with one attached hydrogen (secondary N) is 1. The first-order valence-electron chi connectivity index (χ1n) is 10.6. The molecule has 0 bridgehead atoms. The van der Waals surface area contributed by atoms with Crippen LogP contribution in [0.2, 0.25) is 0 Å². The summed E-state index contributed by atoms with van der Waals surface area (Å²) in [7, 11) is 0. The molecule has 1 aliphatic heterocycles. The zero-order valence-corrected chi connectivity index (χ0v) is 17.2. The van der Waals surface area contributed by atoms with Crippen LogP contribution in [0.5, 0.6) is 0 Å². The van der Waals surface area contributed by atoms with Gasteiger partial charge in [-0.25, -0.2) is 14.2 Å². The highest BCUT2D eigenvalue weighted by molar-refractivity contribution is 5.85. The summed E-state index contributed by atoms with van der Waals surface area (Å²) in [5.41, 5.74) is 4.98. The maximum atomic E-state index is 13.2. The molecule has 1 saturated carbocycles. The van der Waals surface area contributed by atoms with Crippen LogP contribution in [0.15, 0.2) is 41.5 Å². The predicted molar refractivity (Wildman–Crippen MR) is 116 cm³/mol. The third kappa shape index (κ3) is 2.76. The molecule has 2 fully saturated rings. The summed E-state index contributed by atoms with van der Waals surface area (Å²) < 4.78 is 3.54. The second kappa shape index (κ2) is 6.22. The van der Waals surface area contributed by atoms with E-state index in [4.69, 9.17) is 5.10 Å². The van der Waals surface area contributed by atoms with Crippen LogP contribution < -0.4 is 10.9 Å². The van der Waals surface area contributed by atoms with Crippen LogP contribution in [0.1, 0.15) is 43.0 Å². The van der Waals surface area contributed by atoms with Gasteiger partial charge >= 0.3 is 0 Å². The highest BCUT2D eigenvalue weighted by atomic mass is 16.1. The number of aromatic nitrogens is 5. The molecule has 1 aliphatic carbocycles. The Labute approximate surface area is 173 Å². The highest BCUT2D eigenvalue weighted by Crippen LogP contribution is 2.44. The van der Waals surface area contributed by atoms with Gasteiger partial charge in [0.25, 0.3) is 5.56 Å². The molecule has 4 aromatic rings. The normalized spacial score (nSPS) is 20.3. The lowest BCUT2D eigenvalue weighted by atomic mass is 9.97. The molecule has 3 aromatic heterocycles. The van der Waals surface area contributed by atoms with Gasteiger partial charge in [0, 0.05) is 16.5 Å². The van der Waals surface area contributed by atoms with Gasteiger partial charge in [-0.15, -0.1) is 0 Å². The molecular weight excluding hydrogens is 376 g/mol. The minimum absolute atomic E-state index is 0.00609. The zero-order valence-electron chi connectivity index (χ0n) is 17.2. The van der Waals surface area contributed by atoms with Crippen molar-refractivity contribution in [3.63, 3.8) is 0 Å². The van der Waals surface area contributed by atoms with Crippen molar-refractivity contribution in [2.24, 2.45) is 0 Å². The van der Waals surface area contributed by atoms with Crippen molar-refractivity contribution in [1.82, 2.24) is 29.7 Å². The summed E-state index contributed by atoms with van der Waals surface area (Å²) in [5.74, 6) is 0. The SMILES string of the molecule is Cc1cn2nc(-c3ccc4c(=O)n([C@@H]5CCNC6(CC6)C5)ncc4c3)cc(C)c2n1. The fourth-order valence-corrected chi connectivity index (χ4v) is 4.84. The van der Waals surface area contributed by atoms with Crippen LogP contribution in [0.25, 0.3) is 27.7 Å². The van der Waals surface area contributed by atoms with Crippen LogP contribution in [0.3, 0.4) is 0 Å². The third-order valence-corrected chi connectivity index (χ3v) is 6.64. The van der Waals surface area contributed by atoms with E-state index >= 15 is 0 Å². The molecule has 7 heteroatoms. The Morgan fingerprint density at radius 2 is 2.07 bits per heavy atom. The summed E-state index contributed by atoms with van der Waals surface area (Å²) in [4.78, 5) is 17.7. The largest absolute Gasteiger partial charge is 0.311 e. The highest BCUT2D eigenvalue weighted by Gasteiger charge is 2.46. The first-order valence-corrected chi connectivity index (χ1v) is 10.6. The smallest absolute Gasteiger partial charge is 0.274 e. The molecule has 1 spiro atoms. The molecule has 1 aromatic carbocycles. The average Bonchev–Trinajstić information content (AvgIpc) is 3.35. The van der Waals surface area contributed by atoms with Crippen LogP contribution >= 0.6 is 0 Å². The number of nitrogens with zero attached hydrogens (tertiary/aromatic N) is 5. The van der Waals surface area contributed by atoms with E-state index < -0.39 is 0 Å². The number of fused-ring (bicyclic) bond motifs is 2. The summed E-state index contributed by atoms with van der Waals surface area (Å²) in [6, 6.07) is 8.13. The first-order chi connectivity index (χ1) is 14.5. The Bertz CT molecular complexity index is 1360. The van der Waals surface area contributed by atoms with E-state index in [9.17, 15) is 4.79 Å². The Balaban J connectivity index is 1.41. The lowest BCUT2D eigenvalue weighted by Crippen LogP contribution is -2.43. The number of piperidine rings is 1. The summed E-state index contributed by atoms with van der Waals surface area (Å²) in [5, 5.41) is 14.5. The number of hydrogen-bond donors (Lipinski definition) is 1. The number of aryl methyl sites for hydroxylation is 2. The Kier molecular flexibility index (Phi) is 3.68. The van der Waals surface area contributed by atoms with E-state index in [0.717, 1.165) is 52.9 Å². The summed E-state index contributed by atoms with van der Waals surface area (Å²) in [6.45, 7) is 4.96. The molecule has 0 radical (unpaired) electrons. The molecule has 0 unspecified atom stereocenters. The van der Waals surface area contributed by atoms with Crippen LogP contribution in [-0.2, 0) is 0 Å². The number of rotatable bonds is 2. The molecule has 152 valence electrons. The van der Waals surface area contributed by atoms with E-state index in [1.807, 2.05) is 55.0 Å². The van der Waals surface area contributed by atoms with Crippen molar-refractivity contribution >= 4 is 16.4 Å². The van der Waals surface area contributed by atoms with Gasteiger partial charge in [-0.1, -0.05) is 6.07 Å². The van der Waals surface area contributed by atoms with Gasteiger partial charge in [-0.3, -0.25) is 4.79 Å². The number of hydrogen-bond acceptors (Lipinski definition) is 5. The summed E-state index contributed by atoms with van der Waals surface area (Å²) in [6.07, 6.45) is 8.13. The van der Waals surface area contributed by atoms with E-state index in [0.29, 0.717) is 5.39 Å². The Hall–Kier alpha value is -3.06. The minimum atomic E-state index is 0.00609. The molecule has 30 heavy (non-hydrogen) atoms. The van der Waals surface area contributed by atoms with Crippen LogP contribution in [0, 0.1) is 13.8 Å². The molecule has 7 nitrogen and oxygen atoms in total. The molecule has 2 aliphatic rings. The van der Waals surface area contributed by atoms with E-state index in [2.05, 4.69) is 15.4 Å². The van der Waals surface area contributed by atoms with Gasteiger partial charge in [-0.2, -0.15) is 10.2 Å². The van der Waals surface area contributed by atoms with Gasteiger partial charge in [0.2, 0.25) is 0 Å². The molecule has 1 saturated heterocycles. The lowest BCUT2D eigenvalue weighted by molar-refractivity contribution is 0.264. The number of benzene rings is 1. The average molecular weight is 400 g/mol. The predicted octanol–water partition coefficient (Wildman–Crippen LogP) is 3.18. The zero-order chi connectivity index (χ0) is 20.5. The van der Waals surface area contributed by atoms with Crippen molar-refractivity contribution in [3.05, 3.63) is 58.3 Å². The van der Waals surface area contributed by atoms with Gasteiger partial charge in [0.05, 0.1) is 35.2 Å². The van der Waals surface area contributed by atoms with Crippen LogP contribution in [-0.4, -0.2) is 36.5 Å². The lowest BCUT2D eigenvalue weighted by Gasteiger charge is -2.30. The molecule has 4 heterocycles. The van der Waals surface area contributed by atoms with E-state index in [1.165, 1.54) is 12.8 Å². The van der Waals surface area contributed by atoms with Crippen molar-refractivity contribution in [1.29, 1.82) is 0 Å². The number of imidazole rings is 1. The Morgan fingerprint density at radius 1 is 1.20 bits per heavy atom. The maximum absolute atomic E-state index is 13.2. The monoisotopic (exact) mass is 400 g/mol. The fraction of sp³-hybridized carbons (Fsp3) is 0.391. The second-order valence-electron chi connectivity index (χ2n) is 8.91. The van der Waals surface area contributed by atoms with Gasteiger partial charge < -0.3 is 5.32 Å². The van der Waals surface area contributed by atoms with E-state index in [1.54, 1.807) is 4.68 Å². The standard InChI is InChI=1S/C23H24N6O/c1-14-9-20(27-28-13-15(2)26-21(14)28)16-3-4-19-17(10-16)12-25-29(22(19)30)18-5-8-24-23(11-18)6-7-23/h3-4,9-10,12-13,18,24H,5-8,11H2,1-2H3/t18-/m1/s1. The van der Waals surface area contributed by atoms with Gasteiger partial charge in [0.1, 0.15) is 0 Å². The summed E-state index contributed by atoms with van der Waals surface area (Å²) >= 11 is 0. The molecule has 0 amide bonds.